The smallest absolute Gasteiger partial charge is 0.222 e. The number of benzene rings is 1. The van der Waals surface area contributed by atoms with E-state index in [0.717, 1.165) is 22.5 Å². The van der Waals surface area contributed by atoms with Gasteiger partial charge in [0.2, 0.25) is 5.95 Å². The van der Waals surface area contributed by atoms with Crippen molar-refractivity contribution in [1.29, 1.82) is 0 Å². The van der Waals surface area contributed by atoms with E-state index in [1.54, 1.807) is 18.5 Å². The molecule has 98 valence electrons. The molecule has 0 amide bonds. The van der Waals surface area contributed by atoms with Crippen LogP contribution in [0.1, 0.15) is 17.9 Å². The first-order valence-electron chi connectivity index (χ1n) is 5.82. The van der Waals surface area contributed by atoms with Gasteiger partial charge in [-0.2, -0.15) is 0 Å². The topological polar surface area (TPSA) is 37.8 Å². The van der Waals surface area contributed by atoms with Crippen LogP contribution in [0.25, 0.3) is 0 Å². The number of halogens is 3. The van der Waals surface area contributed by atoms with Crippen LogP contribution in [-0.2, 0) is 0 Å². The Bertz CT molecular complexity index is 603. The van der Waals surface area contributed by atoms with E-state index in [9.17, 15) is 8.78 Å². The molecule has 1 fully saturated rings. The first-order chi connectivity index (χ1) is 9.13. The van der Waals surface area contributed by atoms with Gasteiger partial charge in [-0.15, -0.1) is 0 Å². The highest BCUT2D eigenvalue weighted by molar-refractivity contribution is 9.10. The van der Waals surface area contributed by atoms with Gasteiger partial charge in [0.25, 0.3) is 0 Å². The van der Waals surface area contributed by atoms with Gasteiger partial charge >= 0.3 is 0 Å². The second kappa shape index (κ2) is 4.85. The molecule has 1 saturated carbocycles. The molecule has 0 spiro atoms. The lowest BCUT2D eigenvalue weighted by atomic mass is 10.1. The molecular weight excluding hydrogens is 316 g/mol. The van der Waals surface area contributed by atoms with E-state index in [1.807, 2.05) is 0 Å². The quantitative estimate of drug-likeness (QED) is 0.938. The largest absolute Gasteiger partial charge is 0.351 e. The van der Waals surface area contributed by atoms with E-state index in [1.165, 1.54) is 6.07 Å². The number of aromatic nitrogens is 2. The molecule has 0 bridgehead atoms. The molecule has 3 nitrogen and oxygen atoms in total. The molecule has 1 aliphatic rings. The summed E-state index contributed by atoms with van der Waals surface area (Å²) >= 11 is 3.26. The van der Waals surface area contributed by atoms with Crippen LogP contribution < -0.4 is 5.32 Å². The third-order valence-corrected chi connectivity index (χ3v) is 3.51. The maximum atomic E-state index is 13.1. The molecule has 0 aliphatic heterocycles. The second-order valence-corrected chi connectivity index (χ2v) is 5.41. The molecule has 3 rings (SSSR count). The summed E-state index contributed by atoms with van der Waals surface area (Å²) in [6, 6.07) is 4.21. The van der Waals surface area contributed by atoms with Gasteiger partial charge in [-0.3, -0.25) is 0 Å². The first-order valence-corrected chi connectivity index (χ1v) is 6.62. The summed E-state index contributed by atoms with van der Waals surface area (Å²) in [6.45, 7) is 0. The summed E-state index contributed by atoms with van der Waals surface area (Å²) < 4.78 is 26.8. The highest BCUT2D eigenvalue weighted by Crippen LogP contribution is 2.42. The number of nitrogens with one attached hydrogen (secondary N) is 1. The molecule has 0 saturated heterocycles. The van der Waals surface area contributed by atoms with Crippen molar-refractivity contribution in [3.63, 3.8) is 0 Å². The lowest BCUT2D eigenvalue weighted by Crippen LogP contribution is -2.07. The highest BCUT2D eigenvalue weighted by Gasteiger charge is 2.39. The molecule has 19 heavy (non-hydrogen) atoms. The summed E-state index contributed by atoms with van der Waals surface area (Å²) in [7, 11) is 0. The van der Waals surface area contributed by atoms with Gasteiger partial charge in [0.05, 0.1) is 4.47 Å². The summed E-state index contributed by atoms with van der Waals surface area (Å²) in [5, 5.41) is 3.17. The summed E-state index contributed by atoms with van der Waals surface area (Å²) in [4.78, 5) is 8.23. The van der Waals surface area contributed by atoms with Gasteiger partial charge in [-0.25, -0.2) is 18.7 Å². The molecular formula is C13H10BrF2N3. The van der Waals surface area contributed by atoms with Crippen LogP contribution in [0.2, 0.25) is 0 Å². The van der Waals surface area contributed by atoms with E-state index in [-0.39, 0.29) is 12.0 Å². The number of rotatable bonds is 3. The van der Waals surface area contributed by atoms with Gasteiger partial charge in [0, 0.05) is 24.4 Å². The number of anilines is 1. The zero-order valence-corrected chi connectivity index (χ0v) is 11.4. The average molecular weight is 326 g/mol. The van der Waals surface area contributed by atoms with Gasteiger partial charge in [-0.1, -0.05) is 6.07 Å². The normalized spacial score (nSPS) is 21.2. The van der Waals surface area contributed by atoms with Crippen LogP contribution in [0.3, 0.4) is 0 Å². The Balaban J connectivity index is 1.67. The summed E-state index contributed by atoms with van der Waals surface area (Å²) in [5.41, 5.74) is 0.800. The Hall–Kier alpha value is -1.56. The fourth-order valence-corrected chi connectivity index (χ4v) is 2.22. The fourth-order valence-electron chi connectivity index (χ4n) is 2.02. The van der Waals surface area contributed by atoms with Gasteiger partial charge in [0.15, 0.2) is 11.6 Å². The lowest BCUT2D eigenvalue weighted by molar-refractivity contribution is 0.507. The molecule has 1 aliphatic carbocycles. The minimum atomic E-state index is -0.815. The number of hydrogen-bond donors (Lipinski definition) is 1. The van der Waals surface area contributed by atoms with E-state index in [4.69, 9.17) is 0 Å². The van der Waals surface area contributed by atoms with Crippen molar-refractivity contribution in [2.75, 3.05) is 5.32 Å². The van der Waals surface area contributed by atoms with Crippen molar-refractivity contribution in [2.24, 2.45) is 0 Å². The predicted molar refractivity (Wildman–Crippen MR) is 70.9 cm³/mol. The molecule has 1 N–H and O–H groups in total. The molecule has 6 heteroatoms. The van der Waals surface area contributed by atoms with Crippen LogP contribution in [0, 0.1) is 11.6 Å². The van der Waals surface area contributed by atoms with Crippen LogP contribution in [0.15, 0.2) is 35.1 Å². The average Bonchev–Trinajstić information content (AvgIpc) is 3.15. The zero-order valence-electron chi connectivity index (χ0n) is 9.78. The summed E-state index contributed by atoms with van der Waals surface area (Å²) in [5.74, 6) is -0.895. The third kappa shape index (κ3) is 2.73. The number of nitrogens with zero attached hydrogens (tertiary/aromatic N) is 2. The molecule has 1 aromatic heterocycles. The van der Waals surface area contributed by atoms with Gasteiger partial charge in [0.1, 0.15) is 0 Å². The Labute approximate surface area is 117 Å². The maximum absolute atomic E-state index is 13.1. The molecule has 1 aromatic carbocycles. The lowest BCUT2D eigenvalue weighted by Gasteiger charge is -2.04. The van der Waals surface area contributed by atoms with Crippen molar-refractivity contribution in [3.05, 3.63) is 52.3 Å². The maximum Gasteiger partial charge on any atom is 0.222 e. The Morgan fingerprint density at radius 1 is 1.16 bits per heavy atom. The molecule has 2 aromatic rings. The van der Waals surface area contributed by atoms with Gasteiger partial charge in [-0.05, 0) is 40.0 Å². The molecule has 1 heterocycles. The minimum absolute atomic E-state index is 0.172. The monoisotopic (exact) mass is 325 g/mol. The van der Waals surface area contributed by atoms with Crippen LogP contribution in [0.5, 0.6) is 0 Å². The first kappa shape index (κ1) is 12.5. The third-order valence-electron chi connectivity index (χ3n) is 3.10. The second-order valence-electron chi connectivity index (χ2n) is 4.49. The molecule has 2 atom stereocenters. The Kier molecular flexibility index (Phi) is 3.18. The molecule has 0 radical (unpaired) electrons. The van der Waals surface area contributed by atoms with E-state index in [0.29, 0.717) is 5.95 Å². The molecule has 0 unspecified atom stereocenters. The van der Waals surface area contributed by atoms with Crippen LogP contribution in [-0.4, -0.2) is 16.0 Å². The van der Waals surface area contributed by atoms with Crippen LogP contribution >= 0.6 is 15.9 Å². The van der Waals surface area contributed by atoms with E-state index < -0.39 is 11.6 Å². The van der Waals surface area contributed by atoms with Crippen molar-refractivity contribution in [1.82, 2.24) is 9.97 Å². The van der Waals surface area contributed by atoms with Crippen molar-refractivity contribution in [2.45, 2.75) is 18.4 Å². The highest BCUT2D eigenvalue weighted by atomic mass is 79.9. The SMILES string of the molecule is Fc1ccc([C@H]2C[C@@H]2Nc2ncc(Br)cn2)cc1F. The Morgan fingerprint density at radius 2 is 1.89 bits per heavy atom. The van der Waals surface area contributed by atoms with Crippen molar-refractivity contribution in [3.8, 4) is 0 Å². The predicted octanol–water partition coefficient (Wildman–Crippen LogP) is 3.49. The van der Waals surface area contributed by atoms with E-state index >= 15 is 0 Å². The van der Waals surface area contributed by atoms with Crippen molar-refractivity contribution < 1.29 is 8.78 Å². The number of hydrogen-bond acceptors (Lipinski definition) is 3. The van der Waals surface area contributed by atoms with E-state index in [2.05, 4.69) is 31.2 Å². The summed E-state index contributed by atoms with van der Waals surface area (Å²) in [6.07, 6.45) is 4.18. The standard InChI is InChI=1S/C13H10BrF2N3/c14-8-5-17-13(18-6-8)19-12-4-9(12)7-1-2-10(15)11(16)3-7/h1-3,5-6,9,12H,4H2,(H,17,18,19)/t9-,12+/m1/s1. The van der Waals surface area contributed by atoms with Crippen LogP contribution in [0.4, 0.5) is 14.7 Å². The zero-order chi connectivity index (χ0) is 13.4. The van der Waals surface area contributed by atoms with Gasteiger partial charge < -0.3 is 5.32 Å². The van der Waals surface area contributed by atoms with Crippen molar-refractivity contribution >= 4 is 21.9 Å². The fraction of sp³-hybridized carbons (Fsp3) is 0.231. The minimum Gasteiger partial charge on any atom is -0.351 e. The Morgan fingerprint density at radius 3 is 2.58 bits per heavy atom.